The predicted molar refractivity (Wildman–Crippen MR) is 61.9 cm³/mol. The Morgan fingerprint density at radius 2 is 2.00 bits per heavy atom. The van der Waals surface area contributed by atoms with E-state index in [2.05, 4.69) is 5.32 Å². The van der Waals surface area contributed by atoms with Crippen LogP contribution in [0, 0.1) is 5.92 Å². The summed E-state index contributed by atoms with van der Waals surface area (Å²) >= 11 is 0. The molecule has 1 rings (SSSR count). The van der Waals surface area contributed by atoms with E-state index >= 15 is 0 Å². The smallest absolute Gasteiger partial charge is 0.323 e. The minimum Gasteiger partial charge on any atom is -0.480 e. The van der Waals surface area contributed by atoms with E-state index in [9.17, 15) is 19.8 Å². The molecule has 17 heavy (non-hydrogen) atoms. The number of nitrogens with zero attached hydrogens (tertiary/aromatic N) is 1. The van der Waals surface area contributed by atoms with E-state index in [0.717, 1.165) is 0 Å². The molecule has 0 amide bonds. The topological polar surface area (TPSA) is 89.9 Å². The highest BCUT2D eigenvalue weighted by atomic mass is 16.4. The van der Waals surface area contributed by atoms with Gasteiger partial charge >= 0.3 is 11.9 Å². The van der Waals surface area contributed by atoms with Crippen molar-refractivity contribution in [2.75, 3.05) is 21.1 Å². The molecule has 6 nitrogen and oxygen atoms in total. The molecule has 0 saturated heterocycles. The SMILES string of the molecule is CNC1(C(=O)O)CCC(C(C(=O)O)N(C)C)C1. The molecule has 3 unspecified atom stereocenters. The van der Waals surface area contributed by atoms with E-state index in [4.69, 9.17) is 0 Å². The highest BCUT2D eigenvalue weighted by Crippen LogP contribution is 2.37. The molecule has 0 heterocycles. The molecule has 6 heteroatoms. The largest absolute Gasteiger partial charge is 0.480 e. The third-order valence-corrected chi connectivity index (χ3v) is 3.70. The van der Waals surface area contributed by atoms with Crippen LogP contribution in [0.3, 0.4) is 0 Å². The van der Waals surface area contributed by atoms with Gasteiger partial charge in [0.2, 0.25) is 0 Å². The van der Waals surface area contributed by atoms with Crippen molar-refractivity contribution in [2.45, 2.75) is 30.8 Å². The number of carbonyl (C=O) groups is 2. The normalized spacial score (nSPS) is 30.5. The van der Waals surface area contributed by atoms with E-state index in [1.165, 1.54) is 0 Å². The summed E-state index contributed by atoms with van der Waals surface area (Å²) in [6.07, 6.45) is 1.44. The number of aliphatic carboxylic acids is 2. The van der Waals surface area contributed by atoms with Gasteiger partial charge in [0.1, 0.15) is 11.6 Å². The minimum atomic E-state index is -0.964. The monoisotopic (exact) mass is 244 g/mol. The Balaban J connectivity index is 2.84. The van der Waals surface area contributed by atoms with Gasteiger partial charge in [0.05, 0.1) is 0 Å². The fourth-order valence-corrected chi connectivity index (χ4v) is 2.73. The second kappa shape index (κ2) is 5.01. The van der Waals surface area contributed by atoms with Gasteiger partial charge < -0.3 is 15.5 Å². The minimum absolute atomic E-state index is 0.133. The Morgan fingerprint density at radius 3 is 2.29 bits per heavy atom. The van der Waals surface area contributed by atoms with E-state index in [1.54, 1.807) is 26.0 Å². The Labute approximate surface area is 101 Å². The molecule has 3 atom stereocenters. The summed E-state index contributed by atoms with van der Waals surface area (Å²) in [4.78, 5) is 24.1. The van der Waals surface area contributed by atoms with Gasteiger partial charge in [-0.25, -0.2) is 0 Å². The van der Waals surface area contributed by atoms with Crippen LogP contribution in [0.1, 0.15) is 19.3 Å². The molecule has 1 saturated carbocycles. The van der Waals surface area contributed by atoms with Crippen molar-refractivity contribution in [1.82, 2.24) is 10.2 Å². The molecule has 0 radical (unpaired) electrons. The van der Waals surface area contributed by atoms with E-state index in [-0.39, 0.29) is 5.92 Å². The molecule has 0 aromatic carbocycles. The van der Waals surface area contributed by atoms with Gasteiger partial charge in [-0.15, -0.1) is 0 Å². The third-order valence-electron chi connectivity index (χ3n) is 3.70. The number of carboxylic acid groups (broad SMARTS) is 2. The van der Waals surface area contributed by atoms with Crippen molar-refractivity contribution in [2.24, 2.45) is 5.92 Å². The summed E-state index contributed by atoms with van der Waals surface area (Å²) in [6, 6.07) is -0.621. The van der Waals surface area contributed by atoms with Crippen LogP contribution in [0.4, 0.5) is 0 Å². The van der Waals surface area contributed by atoms with Crippen molar-refractivity contribution in [3.63, 3.8) is 0 Å². The number of carboxylic acids is 2. The second-order valence-electron chi connectivity index (χ2n) is 4.89. The first-order valence-electron chi connectivity index (χ1n) is 5.65. The van der Waals surface area contributed by atoms with Crippen molar-refractivity contribution in [3.05, 3.63) is 0 Å². The van der Waals surface area contributed by atoms with Crippen molar-refractivity contribution in [1.29, 1.82) is 0 Å². The van der Waals surface area contributed by atoms with E-state index in [1.807, 2.05) is 0 Å². The molecule has 3 N–H and O–H groups in total. The fraction of sp³-hybridized carbons (Fsp3) is 0.818. The average Bonchev–Trinajstić information content (AvgIpc) is 2.62. The predicted octanol–water partition coefficient (Wildman–Crippen LogP) is -0.156. The maximum atomic E-state index is 11.2. The van der Waals surface area contributed by atoms with Crippen LogP contribution < -0.4 is 5.32 Å². The van der Waals surface area contributed by atoms with Crippen LogP contribution >= 0.6 is 0 Å². The van der Waals surface area contributed by atoms with Crippen LogP contribution in [0.2, 0.25) is 0 Å². The highest BCUT2D eigenvalue weighted by Gasteiger charge is 2.48. The lowest BCUT2D eigenvalue weighted by atomic mass is 9.92. The first-order valence-corrected chi connectivity index (χ1v) is 5.65. The molecule has 0 bridgehead atoms. The average molecular weight is 244 g/mol. The quantitative estimate of drug-likeness (QED) is 0.623. The third kappa shape index (κ3) is 2.58. The molecule has 1 aliphatic rings. The van der Waals surface area contributed by atoms with Crippen LogP contribution in [0.5, 0.6) is 0 Å². The number of rotatable bonds is 5. The van der Waals surface area contributed by atoms with Crippen molar-refractivity contribution >= 4 is 11.9 Å². The van der Waals surface area contributed by atoms with E-state index in [0.29, 0.717) is 19.3 Å². The number of likely N-dealkylation sites (N-methyl/N-ethyl adjacent to an activating group) is 2. The Bertz CT molecular complexity index is 319. The Kier molecular flexibility index (Phi) is 4.11. The van der Waals surface area contributed by atoms with Gasteiger partial charge in [-0.2, -0.15) is 0 Å². The summed E-state index contributed by atoms with van der Waals surface area (Å²) in [6.45, 7) is 0. The molecule has 0 aromatic rings. The fourth-order valence-electron chi connectivity index (χ4n) is 2.73. The number of hydrogen-bond donors (Lipinski definition) is 3. The van der Waals surface area contributed by atoms with Gasteiger partial charge in [-0.05, 0) is 46.3 Å². The van der Waals surface area contributed by atoms with Gasteiger partial charge in [0, 0.05) is 0 Å². The van der Waals surface area contributed by atoms with Gasteiger partial charge in [0.15, 0.2) is 0 Å². The molecule has 1 fully saturated rings. The van der Waals surface area contributed by atoms with Crippen LogP contribution in [0.25, 0.3) is 0 Å². The number of hydrogen-bond acceptors (Lipinski definition) is 4. The molecule has 1 aliphatic carbocycles. The zero-order valence-corrected chi connectivity index (χ0v) is 10.4. The lowest BCUT2D eigenvalue weighted by Crippen LogP contribution is -2.49. The van der Waals surface area contributed by atoms with E-state index < -0.39 is 23.5 Å². The summed E-state index contributed by atoms with van der Waals surface area (Å²) in [5.74, 6) is -1.92. The molecular formula is C11H20N2O4. The van der Waals surface area contributed by atoms with Gasteiger partial charge in [-0.3, -0.25) is 14.5 Å². The van der Waals surface area contributed by atoms with Crippen LogP contribution in [-0.2, 0) is 9.59 Å². The Hall–Kier alpha value is -1.14. The molecule has 98 valence electrons. The first kappa shape index (κ1) is 13.9. The lowest BCUT2D eigenvalue weighted by Gasteiger charge is -2.28. The molecule has 0 aromatic heterocycles. The summed E-state index contributed by atoms with van der Waals surface area (Å²) in [5.41, 5.74) is -0.964. The summed E-state index contributed by atoms with van der Waals surface area (Å²) in [7, 11) is 5.03. The maximum Gasteiger partial charge on any atom is 0.323 e. The standard InChI is InChI=1S/C11H20N2O4/c1-12-11(10(16)17)5-4-7(6-11)8(9(14)15)13(2)3/h7-8,12H,4-6H2,1-3H3,(H,14,15)(H,16,17). The second-order valence-corrected chi connectivity index (χ2v) is 4.89. The van der Waals surface area contributed by atoms with Crippen molar-refractivity contribution in [3.8, 4) is 0 Å². The molecular weight excluding hydrogens is 224 g/mol. The van der Waals surface area contributed by atoms with Crippen LogP contribution in [-0.4, -0.2) is 59.8 Å². The lowest BCUT2D eigenvalue weighted by molar-refractivity contribution is -0.147. The summed E-state index contributed by atoms with van der Waals surface area (Å²) < 4.78 is 0. The van der Waals surface area contributed by atoms with Gasteiger partial charge in [0.25, 0.3) is 0 Å². The first-order chi connectivity index (χ1) is 7.84. The highest BCUT2D eigenvalue weighted by molar-refractivity contribution is 5.80. The molecule has 0 aliphatic heterocycles. The van der Waals surface area contributed by atoms with Crippen molar-refractivity contribution < 1.29 is 19.8 Å². The zero-order valence-electron chi connectivity index (χ0n) is 10.4. The maximum absolute atomic E-state index is 11.2. The van der Waals surface area contributed by atoms with Crippen LogP contribution in [0.15, 0.2) is 0 Å². The van der Waals surface area contributed by atoms with Gasteiger partial charge in [-0.1, -0.05) is 0 Å². The zero-order chi connectivity index (χ0) is 13.2. The Morgan fingerprint density at radius 1 is 1.41 bits per heavy atom. The summed E-state index contributed by atoms with van der Waals surface area (Å²) in [5, 5.41) is 21.2. The number of nitrogens with one attached hydrogen (secondary N) is 1. The molecule has 0 spiro atoms.